The fraction of sp³-hybridized carbons (Fsp3) is 0.286. The molecule has 2 aromatic carbocycles. The van der Waals surface area contributed by atoms with Gasteiger partial charge in [-0.3, -0.25) is 0 Å². The average molecular weight is 464 g/mol. The summed E-state index contributed by atoms with van der Waals surface area (Å²) >= 11 is 0. The van der Waals surface area contributed by atoms with Crippen molar-refractivity contribution in [1.82, 2.24) is 4.98 Å². The topological polar surface area (TPSA) is 144 Å². The number of fused-ring (bicyclic) bond motifs is 1. The van der Waals surface area contributed by atoms with E-state index < -0.39 is 20.9 Å². The van der Waals surface area contributed by atoms with E-state index in [0.717, 1.165) is 17.0 Å². The highest BCUT2D eigenvalue weighted by Crippen LogP contribution is 2.37. The minimum atomic E-state index is -4.29. The van der Waals surface area contributed by atoms with Crippen LogP contribution >= 0.6 is 0 Å². The Labute approximate surface area is 185 Å². The smallest absolute Gasteiger partial charge is 0.337 e. The quantitative estimate of drug-likeness (QED) is 0.393. The Morgan fingerprint density at radius 1 is 1.09 bits per heavy atom. The fourth-order valence-electron chi connectivity index (χ4n) is 3.30. The number of primary sulfonamides is 1. The first kappa shape index (κ1) is 23.5. The highest BCUT2D eigenvalue weighted by atomic mass is 32.2. The van der Waals surface area contributed by atoms with Crippen LogP contribution in [0.5, 0.6) is 11.5 Å². The molecule has 172 valence electrons. The van der Waals surface area contributed by atoms with Crippen LogP contribution in [0.25, 0.3) is 10.9 Å². The number of aromatic carboxylic acids is 1. The maximum Gasteiger partial charge on any atom is 0.337 e. The average Bonchev–Trinajstić information content (AvgIpc) is 3.22. The summed E-state index contributed by atoms with van der Waals surface area (Å²) in [4.78, 5) is 16.3. The summed E-state index contributed by atoms with van der Waals surface area (Å²) < 4.78 is 40.9. The van der Waals surface area contributed by atoms with Crippen LogP contribution in [-0.2, 0) is 19.5 Å². The van der Waals surface area contributed by atoms with E-state index in [1.165, 1.54) is 20.3 Å². The fourth-order valence-corrected chi connectivity index (χ4v) is 3.97. The van der Waals surface area contributed by atoms with Crippen molar-refractivity contribution in [2.45, 2.75) is 4.90 Å². The third kappa shape index (κ3) is 5.19. The van der Waals surface area contributed by atoms with E-state index >= 15 is 0 Å². The van der Waals surface area contributed by atoms with Gasteiger partial charge in [0.25, 0.3) is 0 Å². The van der Waals surface area contributed by atoms with E-state index in [9.17, 15) is 18.3 Å². The summed E-state index contributed by atoms with van der Waals surface area (Å²) in [5.74, 6) is -0.993. The highest BCUT2D eigenvalue weighted by Gasteiger charge is 2.25. The molecular weight excluding hydrogens is 438 g/mol. The van der Waals surface area contributed by atoms with Crippen LogP contribution in [0.4, 0.5) is 5.69 Å². The number of carboxylic acids is 1. The maximum absolute atomic E-state index is 12.3. The number of aromatic nitrogens is 1. The largest absolute Gasteiger partial charge is 0.478 e. The summed E-state index contributed by atoms with van der Waals surface area (Å²) in [7, 11) is -1.23. The maximum atomic E-state index is 12.3. The zero-order valence-corrected chi connectivity index (χ0v) is 18.5. The number of sulfonamides is 1. The van der Waals surface area contributed by atoms with Crippen LogP contribution in [-0.4, -0.2) is 65.0 Å². The first-order valence-corrected chi connectivity index (χ1v) is 11.2. The Morgan fingerprint density at radius 3 is 2.38 bits per heavy atom. The number of ether oxygens (including phenoxy) is 3. The lowest BCUT2D eigenvalue weighted by Gasteiger charge is -2.27. The molecule has 0 aliphatic heterocycles. The molecule has 11 heteroatoms. The van der Waals surface area contributed by atoms with E-state index in [1.54, 1.807) is 29.3 Å². The third-order valence-corrected chi connectivity index (χ3v) is 5.78. The Morgan fingerprint density at radius 2 is 1.78 bits per heavy atom. The second kappa shape index (κ2) is 10.0. The van der Waals surface area contributed by atoms with Gasteiger partial charge in [0.05, 0.1) is 24.5 Å². The Bertz CT molecular complexity index is 1200. The molecule has 1 heterocycles. The number of nitrogens with two attached hydrogens (primary N) is 1. The van der Waals surface area contributed by atoms with Gasteiger partial charge in [0.15, 0.2) is 0 Å². The summed E-state index contributed by atoms with van der Waals surface area (Å²) in [6.07, 6.45) is 1.73. The lowest BCUT2D eigenvalue weighted by molar-refractivity contribution is 0.0697. The van der Waals surface area contributed by atoms with Crippen LogP contribution in [0.2, 0.25) is 0 Å². The molecule has 0 atom stereocenters. The van der Waals surface area contributed by atoms with Crippen LogP contribution in [0.1, 0.15) is 10.4 Å². The molecule has 3 rings (SSSR count). The van der Waals surface area contributed by atoms with Gasteiger partial charge in [0.2, 0.25) is 10.0 Å². The van der Waals surface area contributed by atoms with E-state index in [0.29, 0.717) is 32.1 Å². The highest BCUT2D eigenvalue weighted by molar-refractivity contribution is 7.89. The number of carboxylic acid groups (broad SMARTS) is 1. The van der Waals surface area contributed by atoms with Gasteiger partial charge in [-0.05, 0) is 24.3 Å². The van der Waals surface area contributed by atoms with Crippen LogP contribution < -0.4 is 14.8 Å². The number of hydrogen-bond donors (Lipinski definition) is 3. The molecule has 1 aromatic heterocycles. The molecule has 0 spiro atoms. The number of H-pyrrole nitrogens is 1. The molecule has 0 saturated carbocycles. The number of aromatic amines is 1. The summed E-state index contributed by atoms with van der Waals surface area (Å²) in [6.45, 7) is 1.33. The molecule has 3 aromatic rings. The van der Waals surface area contributed by atoms with Gasteiger partial charge in [-0.1, -0.05) is 6.07 Å². The molecule has 0 radical (unpaired) electrons. The molecule has 0 bridgehead atoms. The van der Waals surface area contributed by atoms with Crippen LogP contribution in [0.15, 0.2) is 47.5 Å². The minimum Gasteiger partial charge on any atom is -0.478 e. The van der Waals surface area contributed by atoms with Crippen LogP contribution in [0.3, 0.4) is 0 Å². The zero-order chi connectivity index (χ0) is 23.3. The molecule has 0 amide bonds. The Kier molecular flexibility index (Phi) is 7.36. The second-order valence-corrected chi connectivity index (χ2v) is 8.47. The third-order valence-electron chi connectivity index (χ3n) is 4.85. The number of methoxy groups -OCH3 is 2. The number of nitrogens with zero attached hydrogens (tertiary/aromatic N) is 1. The van der Waals surface area contributed by atoms with Crippen molar-refractivity contribution in [2.24, 2.45) is 5.14 Å². The number of carbonyl (C=O) groups is 1. The molecule has 10 nitrogen and oxygen atoms in total. The molecule has 0 unspecified atom stereocenters. The molecule has 0 saturated heterocycles. The van der Waals surface area contributed by atoms with Gasteiger partial charge >= 0.3 is 5.97 Å². The summed E-state index contributed by atoms with van der Waals surface area (Å²) in [6, 6.07) is 9.46. The first-order chi connectivity index (χ1) is 15.3. The summed E-state index contributed by atoms with van der Waals surface area (Å²) in [5.41, 5.74) is 0.826. The summed E-state index contributed by atoms with van der Waals surface area (Å²) in [5, 5.41) is 15.9. The molecule has 4 N–H and O–H groups in total. The van der Waals surface area contributed by atoms with Crippen molar-refractivity contribution >= 4 is 32.6 Å². The van der Waals surface area contributed by atoms with Crippen LogP contribution in [0, 0.1) is 0 Å². The molecule has 0 aliphatic carbocycles. The number of anilines is 1. The van der Waals surface area contributed by atoms with Crippen molar-refractivity contribution in [1.29, 1.82) is 0 Å². The zero-order valence-electron chi connectivity index (χ0n) is 17.7. The number of hydrogen-bond acceptors (Lipinski definition) is 7. The van der Waals surface area contributed by atoms with Gasteiger partial charge in [-0.25, -0.2) is 18.4 Å². The van der Waals surface area contributed by atoms with Gasteiger partial charge in [-0.15, -0.1) is 0 Å². The SMILES string of the molecule is COCCN(CCOC)c1cc(Oc2cccc3[nH]ccc23)c(S(N)(=O)=O)cc1C(=O)O. The number of nitrogens with one attached hydrogen (secondary N) is 1. The normalized spacial score (nSPS) is 11.6. The predicted molar refractivity (Wildman–Crippen MR) is 119 cm³/mol. The second-order valence-electron chi connectivity index (χ2n) is 6.94. The van der Waals surface area contributed by atoms with Gasteiger partial charge < -0.3 is 29.2 Å². The Balaban J connectivity index is 2.18. The van der Waals surface area contributed by atoms with E-state index in [2.05, 4.69) is 4.98 Å². The van der Waals surface area contributed by atoms with E-state index in [4.69, 9.17) is 19.3 Å². The molecule has 0 aliphatic rings. The molecule has 32 heavy (non-hydrogen) atoms. The molecule has 0 fully saturated rings. The molecular formula is C21H25N3O7S. The monoisotopic (exact) mass is 463 g/mol. The van der Waals surface area contributed by atoms with Crippen molar-refractivity contribution in [3.05, 3.63) is 48.2 Å². The lowest BCUT2D eigenvalue weighted by Crippen LogP contribution is -2.32. The van der Waals surface area contributed by atoms with Crippen molar-refractivity contribution in [3.8, 4) is 11.5 Å². The van der Waals surface area contributed by atoms with Gasteiger partial charge in [0, 0.05) is 50.5 Å². The predicted octanol–water partition coefficient (Wildman–Crippen LogP) is 2.41. The first-order valence-electron chi connectivity index (χ1n) is 9.67. The Hall–Kier alpha value is -3.12. The number of benzene rings is 2. The lowest BCUT2D eigenvalue weighted by atomic mass is 10.1. The standard InChI is InChI=1S/C21H25N3O7S/c1-29-10-8-24(9-11-30-2)17-13-19(20(32(22,27)28)12-15(17)21(25)26)31-18-5-3-4-16-14(18)6-7-23-16/h3-7,12-13,23H,8-11H2,1-2H3,(H,25,26)(H2,22,27,28). The van der Waals surface area contributed by atoms with Crippen molar-refractivity contribution in [3.63, 3.8) is 0 Å². The van der Waals surface area contributed by atoms with E-state index in [-0.39, 0.29) is 17.0 Å². The number of rotatable bonds is 11. The van der Waals surface area contributed by atoms with Crippen molar-refractivity contribution in [2.75, 3.05) is 45.4 Å². The van der Waals surface area contributed by atoms with E-state index in [1.807, 2.05) is 6.07 Å². The van der Waals surface area contributed by atoms with Gasteiger partial charge in [0.1, 0.15) is 16.4 Å². The van der Waals surface area contributed by atoms with Gasteiger partial charge in [-0.2, -0.15) is 0 Å². The minimum absolute atomic E-state index is 0.0824. The van der Waals surface area contributed by atoms with Crippen molar-refractivity contribution < 1.29 is 32.5 Å².